The Bertz CT molecular complexity index is 789. The molecule has 1 aliphatic rings. The lowest BCUT2D eigenvalue weighted by Gasteiger charge is -2.25. The van der Waals surface area contributed by atoms with E-state index in [0.717, 1.165) is 18.8 Å². The Morgan fingerprint density at radius 3 is 2.69 bits per heavy atom. The fourth-order valence-electron chi connectivity index (χ4n) is 2.39. The fraction of sp³-hybridized carbons (Fsp3) is 0.312. The highest BCUT2D eigenvalue weighted by molar-refractivity contribution is 5.92. The van der Waals surface area contributed by atoms with Gasteiger partial charge in [-0.15, -0.1) is 10.2 Å². The number of amides is 1. The standard InChI is InChI=1S/C16H18N8O2/c17-9-12(16-20-22-23-21-16)10-18-13-1-3-14(4-2-13)19-15(25)11-24-5-7-26-8-6-24/h1-4,10,18H,5-8,11H2,(H,19,25)(H,20,21,22,23). The molecular weight excluding hydrogens is 336 g/mol. The topological polar surface area (TPSA) is 132 Å². The van der Waals surface area contributed by atoms with Crippen LogP contribution in [0.2, 0.25) is 0 Å². The summed E-state index contributed by atoms with van der Waals surface area (Å²) in [4.78, 5) is 14.1. The predicted molar refractivity (Wildman–Crippen MR) is 93.7 cm³/mol. The number of morpholine rings is 1. The molecule has 1 aromatic carbocycles. The minimum atomic E-state index is -0.0589. The van der Waals surface area contributed by atoms with Gasteiger partial charge in [0.1, 0.15) is 11.6 Å². The normalized spacial score (nSPS) is 15.3. The van der Waals surface area contributed by atoms with Crippen molar-refractivity contribution < 1.29 is 9.53 Å². The molecule has 0 unspecified atom stereocenters. The quantitative estimate of drug-likeness (QED) is 0.637. The Hall–Kier alpha value is -3.29. The monoisotopic (exact) mass is 354 g/mol. The molecule has 26 heavy (non-hydrogen) atoms. The van der Waals surface area contributed by atoms with Crippen LogP contribution in [0.15, 0.2) is 30.5 Å². The van der Waals surface area contributed by atoms with E-state index in [1.54, 1.807) is 24.3 Å². The first-order valence-electron chi connectivity index (χ1n) is 8.05. The van der Waals surface area contributed by atoms with E-state index in [2.05, 4.69) is 36.2 Å². The molecule has 3 N–H and O–H groups in total. The summed E-state index contributed by atoms with van der Waals surface area (Å²) in [5, 5.41) is 28.2. The van der Waals surface area contributed by atoms with Gasteiger partial charge in [0, 0.05) is 30.7 Å². The summed E-state index contributed by atoms with van der Waals surface area (Å²) in [6.07, 6.45) is 1.50. The molecule has 2 heterocycles. The fourth-order valence-corrected chi connectivity index (χ4v) is 2.39. The maximum Gasteiger partial charge on any atom is 0.238 e. The molecule has 1 amide bonds. The molecule has 10 nitrogen and oxygen atoms in total. The van der Waals surface area contributed by atoms with Crippen LogP contribution in [0.1, 0.15) is 5.82 Å². The van der Waals surface area contributed by atoms with Gasteiger partial charge in [-0.2, -0.15) is 10.5 Å². The van der Waals surface area contributed by atoms with Crippen molar-refractivity contribution in [2.24, 2.45) is 0 Å². The van der Waals surface area contributed by atoms with Crippen molar-refractivity contribution in [3.63, 3.8) is 0 Å². The number of tetrazole rings is 1. The summed E-state index contributed by atoms with van der Waals surface area (Å²) in [6.45, 7) is 3.21. The van der Waals surface area contributed by atoms with Crippen LogP contribution < -0.4 is 10.6 Å². The first kappa shape index (κ1) is 17.5. The van der Waals surface area contributed by atoms with Gasteiger partial charge in [0.2, 0.25) is 11.7 Å². The molecule has 2 aromatic rings. The molecule has 0 aliphatic carbocycles. The Morgan fingerprint density at radius 2 is 2.04 bits per heavy atom. The molecule has 10 heteroatoms. The second kappa shape index (κ2) is 8.70. The molecule has 0 radical (unpaired) electrons. The van der Waals surface area contributed by atoms with Crippen LogP contribution in [0.3, 0.4) is 0 Å². The van der Waals surface area contributed by atoms with Gasteiger partial charge in [0.25, 0.3) is 0 Å². The number of anilines is 2. The maximum absolute atomic E-state index is 12.1. The van der Waals surface area contributed by atoms with Crippen molar-refractivity contribution in [3.8, 4) is 6.07 Å². The number of nitriles is 1. The van der Waals surface area contributed by atoms with Gasteiger partial charge < -0.3 is 15.4 Å². The smallest absolute Gasteiger partial charge is 0.238 e. The average molecular weight is 354 g/mol. The summed E-state index contributed by atoms with van der Waals surface area (Å²) in [6, 6.07) is 9.16. The molecule has 1 aromatic heterocycles. The van der Waals surface area contributed by atoms with Crippen LogP contribution in [0.5, 0.6) is 0 Å². The number of aromatic amines is 1. The number of rotatable bonds is 6. The summed E-state index contributed by atoms with van der Waals surface area (Å²) in [5.74, 6) is 0.156. The van der Waals surface area contributed by atoms with E-state index in [1.165, 1.54) is 6.20 Å². The van der Waals surface area contributed by atoms with Crippen LogP contribution in [-0.4, -0.2) is 64.3 Å². The first-order valence-corrected chi connectivity index (χ1v) is 8.05. The van der Waals surface area contributed by atoms with Crippen molar-refractivity contribution >= 4 is 22.9 Å². The van der Waals surface area contributed by atoms with Gasteiger partial charge in [-0.3, -0.25) is 9.69 Å². The predicted octanol–water partition coefficient (Wildman–Crippen LogP) is 0.447. The van der Waals surface area contributed by atoms with Crippen LogP contribution in [-0.2, 0) is 9.53 Å². The molecule has 0 bridgehead atoms. The molecule has 1 aliphatic heterocycles. The van der Waals surface area contributed by atoms with Gasteiger partial charge in [-0.1, -0.05) is 0 Å². The minimum absolute atomic E-state index is 0.0589. The Balaban J connectivity index is 1.53. The Morgan fingerprint density at radius 1 is 1.31 bits per heavy atom. The number of allylic oxidation sites excluding steroid dienone is 1. The third kappa shape index (κ3) is 4.85. The number of nitrogens with zero attached hydrogens (tertiary/aromatic N) is 5. The van der Waals surface area contributed by atoms with Gasteiger partial charge in [-0.25, -0.2) is 0 Å². The molecule has 0 spiro atoms. The van der Waals surface area contributed by atoms with Gasteiger partial charge in [0.15, 0.2) is 0 Å². The number of nitrogens with one attached hydrogen (secondary N) is 3. The lowest BCUT2D eigenvalue weighted by atomic mass is 10.2. The van der Waals surface area contributed by atoms with Crippen molar-refractivity contribution in [2.45, 2.75) is 0 Å². The number of carbonyl (C=O) groups is 1. The number of H-pyrrole nitrogens is 1. The molecule has 3 rings (SSSR count). The number of carbonyl (C=O) groups excluding carboxylic acids is 1. The zero-order valence-corrected chi connectivity index (χ0v) is 14.0. The zero-order valence-electron chi connectivity index (χ0n) is 14.0. The van der Waals surface area contributed by atoms with E-state index >= 15 is 0 Å². The minimum Gasteiger partial charge on any atom is -0.379 e. The molecule has 0 atom stereocenters. The van der Waals surface area contributed by atoms with Crippen molar-refractivity contribution in [1.82, 2.24) is 25.5 Å². The number of hydrogen-bond donors (Lipinski definition) is 3. The van der Waals surface area contributed by atoms with Gasteiger partial charge in [0.05, 0.1) is 19.8 Å². The van der Waals surface area contributed by atoms with Crippen LogP contribution >= 0.6 is 0 Å². The highest BCUT2D eigenvalue weighted by Gasteiger charge is 2.14. The first-order chi connectivity index (χ1) is 12.7. The maximum atomic E-state index is 12.1. The van der Waals surface area contributed by atoms with E-state index < -0.39 is 0 Å². The van der Waals surface area contributed by atoms with Crippen molar-refractivity contribution in [1.29, 1.82) is 5.26 Å². The zero-order chi connectivity index (χ0) is 18.2. The number of hydrogen-bond acceptors (Lipinski definition) is 8. The molecular formula is C16H18N8O2. The second-order valence-electron chi connectivity index (χ2n) is 5.56. The highest BCUT2D eigenvalue weighted by Crippen LogP contribution is 2.15. The van der Waals surface area contributed by atoms with Gasteiger partial charge >= 0.3 is 0 Å². The van der Waals surface area contributed by atoms with E-state index in [-0.39, 0.29) is 17.3 Å². The van der Waals surface area contributed by atoms with Crippen LogP contribution in [0, 0.1) is 11.3 Å². The van der Waals surface area contributed by atoms with Crippen LogP contribution in [0.4, 0.5) is 11.4 Å². The third-order valence-electron chi connectivity index (χ3n) is 3.73. The number of aromatic nitrogens is 4. The van der Waals surface area contributed by atoms with Crippen molar-refractivity contribution in [2.75, 3.05) is 43.5 Å². The third-order valence-corrected chi connectivity index (χ3v) is 3.73. The summed E-state index contributed by atoms with van der Waals surface area (Å²) >= 11 is 0. The molecule has 1 saturated heterocycles. The highest BCUT2D eigenvalue weighted by atomic mass is 16.5. The largest absolute Gasteiger partial charge is 0.379 e. The molecule has 1 fully saturated rings. The Labute approximate surface area is 149 Å². The average Bonchev–Trinajstić information content (AvgIpc) is 3.19. The summed E-state index contributed by atoms with van der Waals surface area (Å²) in [7, 11) is 0. The van der Waals surface area contributed by atoms with Gasteiger partial charge in [-0.05, 0) is 29.5 Å². The lowest BCUT2D eigenvalue weighted by Crippen LogP contribution is -2.41. The molecule has 134 valence electrons. The van der Waals surface area contributed by atoms with E-state index in [4.69, 9.17) is 10.00 Å². The summed E-state index contributed by atoms with van der Waals surface area (Å²) in [5.41, 5.74) is 1.71. The molecule has 0 saturated carbocycles. The number of benzene rings is 1. The summed E-state index contributed by atoms with van der Waals surface area (Å²) < 4.78 is 5.27. The lowest BCUT2D eigenvalue weighted by molar-refractivity contribution is -0.118. The SMILES string of the molecule is N#CC(=CNc1ccc(NC(=O)CN2CCOCC2)cc1)c1nn[nH]n1. The van der Waals surface area contributed by atoms with Crippen LogP contribution in [0.25, 0.3) is 5.57 Å². The van der Waals surface area contributed by atoms with E-state index in [0.29, 0.717) is 25.4 Å². The van der Waals surface area contributed by atoms with E-state index in [1.807, 2.05) is 6.07 Å². The van der Waals surface area contributed by atoms with E-state index in [9.17, 15) is 4.79 Å². The van der Waals surface area contributed by atoms with Crippen molar-refractivity contribution in [3.05, 3.63) is 36.3 Å². The number of ether oxygens (including phenoxy) is 1. The Kier molecular flexibility index (Phi) is 5.87. The second-order valence-corrected chi connectivity index (χ2v) is 5.56.